The summed E-state index contributed by atoms with van der Waals surface area (Å²) in [7, 11) is 0. The fourth-order valence-electron chi connectivity index (χ4n) is 1.90. The molecule has 0 aliphatic heterocycles. The second-order valence-corrected chi connectivity index (χ2v) is 4.93. The largest absolute Gasteiger partial charge is 0.395 e. The summed E-state index contributed by atoms with van der Waals surface area (Å²) in [5.74, 6) is 0.187. The summed E-state index contributed by atoms with van der Waals surface area (Å²) < 4.78 is 13.0. The molecule has 2 N–H and O–H groups in total. The van der Waals surface area contributed by atoms with Gasteiger partial charge in [0, 0.05) is 12.1 Å². The molecule has 0 saturated carbocycles. The zero-order valence-corrected chi connectivity index (χ0v) is 10.8. The molecular formula is C14H22FNO. The van der Waals surface area contributed by atoms with Gasteiger partial charge in [0.15, 0.2) is 0 Å². The van der Waals surface area contributed by atoms with Gasteiger partial charge in [-0.3, -0.25) is 0 Å². The molecule has 96 valence electrons. The van der Waals surface area contributed by atoms with E-state index in [-0.39, 0.29) is 24.5 Å². The van der Waals surface area contributed by atoms with E-state index in [2.05, 4.69) is 26.1 Å². The Morgan fingerprint density at radius 3 is 2.53 bits per heavy atom. The molecule has 3 heteroatoms. The first-order valence-corrected chi connectivity index (χ1v) is 6.14. The van der Waals surface area contributed by atoms with Crippen LogP contribution in [0.2, 0.25) is 0 Å². The number of hydrogen-bond acceptors (Lipinski definition) is 2. The quantitative estimate of drug-likeness (QED) is 0.798. The fraction of sp³-hybridized carbons (Fsp3) is 0.571. The van der Waals surface area contributed by atoms with E-state index >= 15 is 0 Å². The Morgan fingerprint density at radius 1 is 1.29 bits per heavy atom. The molecule has 0 aromatic heterocycles. The number of aliphatic hydroxyl groups excluding tert-OH is 1. The number of aliphatic hydroxyl groups is 1. The van der Waals surface area contributed by atoms with Crippen LogP contribution in [-0.4, -0.2) is 23.8 Å². The van der Waals surface area contributed by atoms with Crippen LogP contribution in [0.5, 0.6) is 0 Å². The number of benzene rings is 1. The number of hydrogen-bond donors (Lipinski definition) is 2. The first-order chi connectivity index (χ1) is 8.02. The van der Waals surface area contributed by atoms with Crippen molar-refractivity contribution in [3.05, 3.63) is 35.6 Å². The highest BCUT2D eigenvalue weighted by atomic mass is 19.1. The van der Waals surface area contributed by atoms with Gasteiger partial charge in [0.25, 0.3) is 0 Å². The summed E-state index contributed by atoms with van der Waals surface area (Å²) in [5, 5.41) is 12.6. The molecule has 2 unspecified atom stereocenters. The minimum absolute atomic E-state index is 0.0959. The number of rotatable bonds is 6. The number of halogens is 1. The van der Waals surface area contributed by atoms with E-state index in [0.29, 0.717) is 5.92 Å². The van der Waals surface area contributed by atoms with Gasteiger partial charge in [-0.15, -0.1) is 0 Å². The lowest BCUT2D eigenvalue weighted by molar-refractivity contribution is 0.201. The topological polar surface area (TPSA) is 32.3 Å². The molecule has 2 nitrogen and oxygen atoms in total. The van der Waals surface area contributed by atoms with Gasteiger partial charge >= 0.3 is 0 Å². The maximum Gasteiger partial charge on any atom is 0.123 e. The van der Waals surface area contributed by atoms with Crippen molar-refractivity contribution in [1.82, 2.24) is 5.32 Å². The van der Waals surface area contributed by atoms with Crippen LogP contribution in [0.15, 0.2) is 24.3 Å². The van der Waals surface area contributed by atoms with Crippen LogP contribution in [-0.2, 0) is 6.42 Å². The van der Waals surface area contributed by atoms with Gasteiger partial charge in [-0.25, -0.2) is 4.39 Å². The van der Waals surface area contributed by atoms with Crippen LogP contribution in [0.1, 0.15) is 26.3 Å². The summed E-state index contributed by atoms with van der Waals surface area (Å²) in [6.45, 7) is 6.33. The molecule has 17 heavy (non-hydrogen) atoms. The summed E-state index contributed by atoms with van der Waals surface area (Å²) in [6.07, 6.45) is 0.765. The zero-order valence-electron chi connectivity index (χ0n) is 10.8. The summed E-state index contributed by atoms with van der Waals surface area (Å²) in [6, 6.07) is 6.97. The average molecular weight is 239 g/mol. The van der Waals surface area contributed by atoms with Crippen molar-refractivity contribution in [2.45, 2.75) is 39.3 Å². The molecule has 1 aromatic rings. The van der Waals surface area contributed by atoms with Crippen molar-refractivity contribution >= 4 is 0 Å². The summed E-state index contributed by atoms with van der Waals surface area (Å²) in [5.41, 5.74) is 0.977. The van der Waals surface area contributed by atoms with Crippen molar-refractivity contribution in [1.29, 1.82) is 0 Å². The highest BCUT2D eigenvalue weighted by Gasteiger charge is 2.14. The van der Waals surface area contributed by atoms with Crippen molar-refractivity contribution < 1.29 is 9.50 Å². The third-order valence-electron chi connectivity index (χ3n) is 2.93. The molecule has 0 spiro atoms. The van der Waals surface area contributed by atoms with Gasteiger partial charge in [-0.05, 0) is 37.0 Å². The van der Waals surface area contributed by atoms with Gasteiger partial charge in [-0.1, -0.05) is 26.0 Å². The van der Waals surface area contributed by atoms with Crippen LogP contribution < -0.4 is 5.32 Å². The predicted molar refractivity (Wildman–Crippen MR) is 68.4 cm³/mol. The number of nitrogens with one attached hydrogen (secondary N) is 1. The van der Waals surface area contributed by atoms with E-state index in [4.69, 9.17) is 0 Å². The Hall–Kier alpha value is -0.930. The van der Waals surface area contributed by atoms with Crippen LogP contribution in [0.25, 0.3) is 0 Å². The summed E-state index contributed by atoms with van der Waals surface area (Å²) in [4.78, 5) is 0. The minimum Gasteiger partial charge on any atom is -0.395 e. The molecule has 1 aromatic carbocycles. The maximum atomic E-state index is 13.0. The molecule has 0 bridgehead atoms. The second kappa shape index (κ2) is 6.72. The van der Waals surface area contributed by atoms with Crippen LogP contribution in [0.4, 0.5) is 4.39 Å². The third kappa shape index (κ3) is 4.84. The van der Waals surface area contributed by atoms with Crippen LogP contribution >= 0.6 is 0 Å². The Balaban J connectivity index is 2.51. The highest BCUT2D eigenvalue weighted by Crippen LogP contribution is 2.08. The highest BCUT2D eigenvalue weighted by molar-refractivity contribution is 5.17. The van der Waals surface area contributed by atoms with Gasteiger partial charge < -0.3 is 10.4 Å². The molecule has 0 saturated heterocycles. The molecule has 0 fully saturated rings. The fourth-order valence-corrected chi connectivity index (χ4v) is 1.90. The smallest absolute Gasteiger partial charge is 0.123 e. The van der Waals surface area contributed by atoms with Crippen molar-refractivity contribution in [2.24, 2.45) is 5.92 Å². The maximum absolute atomic E-state index is 13.0. The first-order valence-electron chi connectivity index (χ1n) is 6.14. The SMILES string of the molecule is CC(Cc1cccc(F)c1)NC(CO)C(C)C. The van der Waals surface area contributed by atoms with Gasteiger partial charge in [0.05, 0.1) is 6.61 Å². The van der Waals surface area contributed by atoms with Gasteiger partial charge in [0.2, 0.25) is 0 Å². The van der Waals surface area contributed by atoms with Gasteiger partial charge in [0.1, 0.15) is 5.82 Å². The lowest BCUT2D eigenvalue weighted by Gasteiger charge is -2.24. The molecule has 0 aliphatic rings. The van der Waals surface area contributed by atoms with Crippen LogP contribution in [0.3, 0.4) is 0 Å². The van der Waals surface area contributed by atoms with Crippen LogP contribution in [0, 0.1) is 11.7 Å². The molecule has 2 atom stereocenters. The molecule has 0 heterocycles. The third-order valence-corrected chi connectivity index (χ3v) is 2.93. The average Bonchev–Trinajstić information content (AvgIpc) is 2.25. The molecule has 1 rings (SSSR count). The zero-order chi connectivity index (χ0) is 12.8. The Labute approximate surface area is 103 Å². The molecular weight excluding hydrogens is 217 g/mol. The predicted octanol–water partition coefficient (Wildman–Crippen LogP) is 2.36. The monoisotopic (exact) mass is 239 g/mol. The van der Waals surface area contributed by atoms with E-state index in [0.717, 1.165) is 12.0 Å². The minimum atomic E-state index is -0.197. The van der Waals surface area contributed by atoms with E-state index in [1.165, 1.54) is 6.07 Å². The van der Waals surface area contributed by atoms with Gasteiger partial charge in [-0.2, -0.15) is 0 Å². The Kier molecular flexibility index (Phi) is 5.59. The Bertz CT molecular complexity index is 341. The first kappa shape index (κ1) is 14.1. The lowest BCUT2D eigenvalue weighted by Crippen LogP contribution is -2.43. The summed E-state index contributed by atoms with van der Waals surface area (Å²) >= 11 is 0. The second-order valence-electron chi connectivity index (χ2n) is 4.93. The van der Waals surface area contributed by atoms with Crippen molar-refractivity contribution in [3.63, 3.8) is 0 Å². The molecule has 0 amide bonds. The van der Waals surface area contributed by atoms with E-state index < -0.39 is 0 Å². The lowest BCUT2D eigenvalue weighted by atomic mass is 10.0. The van der Waals surface area contributed by atoms with E-state index in [1.807, 2.05) is 6.07 Å². The van der Waals surface area contributed by atoms with E-state index in [1.54, 1.807) is 12.1 Å². The standard InChI is InChI=1S/C14H22FNO/c1-10(2)14(9-17)16-11(3)7-12-5-4-6-13(15)8-12/h4-6,8,10-11,14,16-17H,7,9H2,1-3H3. The molecule has 0 aliphatic carbocycles. The normalized spacial score (nSPS) is 14.9. The van der Waals surface area contributed by atoms with Crippen molar-refractivity contribution in [2.75, 3.05) is 6.61 Å². The molecule has 0 radical (unpaired) electrons. The van der Waals surface area contributed by atoms with E-state index in [9.17, 15) is 9.50 Å². The Morgan fingerprint density at radius 2 is 2.00 bits per heavy atom. The van der Waals surface area contributed by atoms with Crippen molar-refractivity contribution in [3.8, 4) is 0 Å².